The molecule has 16 heteroatoms. The molecule has 244 valence electrons. The van der Waals surface area contributed by atoms with Gasteiger partial charge in [0.1, 0.15) is 11.8 Å². The molecule has 1 aliphatic rings. The minimum absolute atomic E-state index is 0.0593. The third kappa shape index (κ3) is 7.71. The van der Waals surface area contributed by atoms with E-state index in [1.54, 1.807) is 26.0 Å². The first-order chi connectivity index (χ1) is 22.6. The van der Waals surface area contributed by atoms with E-state index in [-0.39, 0.29) is 40.7 Å². The number of anilines is 2. The normalized spacial score (nSPS) is 12.6. The van der Waals surface area contributed by atoms with Crippen LogP contribution in [0.5, 0.6) is 5.75 Å². The van der Waals surface area contributed by atoms with Gasteiger partial charge in [-0.25, -0.2) is 28.5 Å². The third-order valence-corrected chi connectivity index (χ3v) is 7.62. The van der Waals surface area contributed by atoms with E-state index >= 15 is 0 Å². The summed E-state index contributed by atoms with van der Waals surface area (Å²) in [5.74, 6) is -1.34. The fourth-order valence-electron chi connectivity index (χ4n) is 4.68. The summed E-state index contributed by atoms with van der Waals surface area (Å²) in [6, 6.07) is 10.2. The Morgan fingerprint density at radius 1 is 1.04 bits per heavy atom. The van der Waals surface area contributed by atoms with Crippen molar-refractivity contribution in [3.63, 3.8) is 0 Å². The second-order valence-corrected chi connectivity index (χ2v) is 11.4. The van der Waals surface area contributed by atoms with Gasteiger partial charge in [-0.1, -0.05) is 13.0 Å². The van der Waals surface area contributed by atoms with E-state index in [0.717, 1.165) is 24.2 Å². The summed E-state index contributed by atoms with van der Waals surface area (Å²) in [5, 5.41) is 10.0. The molecule has 15 nitrogen and oxygen atoms in total. The summed E-state index contributed by atoms with van der Waals surface area (Å²) < 4.78 is 27.5. The Morgan fingerprint density at radius 2 is 1.77 bits per heavy atom. The molecule has 0 aliphatic heterocycles. The molecule has 3 N–H and O–H groups in total. The first kappa shape index (κ1) is 33.0. The molecule has 2 aromatic heterocycles. The van der Waals surface area contributed by atoms with Gasteiger partial charge in [-0.2, -0.15) is 5.10 Å². The van der Waals surface area contributed by atoms with Gasteiger partial charge in [0.2, 0.25) is 6.79 Å². The van der Waals surface area contributed by atoms with Gasteiger partial charge >= 0.3 is 20.3 Å². The zero-order chi connectivity index (χ0) is 33.7. The molecule has 0 bridgehead atoms. The van der Waals surface area contributed by atoms with Crippen molar-refractivity contribution in [3.05, 3.63) is 82.8 Å². The molecule has 5 rings (SSSR count). The second-order valence-electron chi connectivity index (χ2n) is 10.7. The van der Waals surface area contributed by atoms with Crippen LogP contribution in [0, 0.1) is 13.8 Å². The molecule has 1 saturated carbocycles. The molecule has 1 aliphatic carbocycles. The molecule has 2 aromatic carbocycles. The highest BCUT2D eigenvalue weighted by molar-refractivity contribution is 7.32. The van der Waals surface area contributed by atoms with Crippen LogP contribution in [0.1, 0.15) is 68.4 Å². The zero-order valence-corrected chi connectivity index (χ0v) is 26.7. The van der Waals surface area contributed by atoms with E-state index in [1.807, 2.05) is 6.92 Å². The summed E-state index contributed by atoms with van der Waals surface area (Å²) in [4.78, 5) is 66.8. The van der Waals surface area contributed by atoms with Crippen molar-refractivity contribution in [3.8, 4) is 5.75 Å². The van der Waals surface area contributed by atoms with Gasteiger partial charge in [0, 0.05) is 28.9 Å². The fraction of sp³-hybridized carbons (Fsp3) is 0.290. The highest BCUT2D eigenvalue weighted by Crippen LogP contribution is 2.34. The number of hydrogen-bond acceptors (Lipinski definition) is 10. The Labute approximate surface area is 269 Å². The van der Waals surface area contributed by atoms with Crippen LogP contribution in [-0.2, 0) is 14.0 Å². The van der Waals surface area contributed by atoms with Gasteiger partial charge in [-0.15, -0.1) is 4.89 Å². The Hall–Kier alpha value is -5.40. The minimum atomic E-state index is -2.87. The Bertz CT molecular complexity index is 1860. The lowest BCUT2D eigenvalue weighted by Crippen LogP contribution is -2.31. The molecular formula is C31H32N6O9P+. The van der Waals surface area contributed by atoms with Crippen LogP contribution in [0.2, 0.25) is 0 Å². The molecule has 4 aromatic rings. The number of ether oxygens (including phenoxy) is 2. The highest BCUT2D eigenvalue weighted by Gasteiger charge is 2.30. The van der Waals surface area contributed by atoms with Crippen LogP contribution in [0.4, 0.5) is 16.3 Å². The van der Waals surface area contributed by atoms with Crippen LogP contribution < -0.4 is 20.1 Å². The van der Waals surface area contributed by atoms with Gasteiger partial charge in [0.25, 0.3) is 11.8 Å². The summed E-state index contributed by atoms with van der Waals surface area (Å²) in [6.45, 7) is 5.06. The minimum Gasteiger partial charge on any atom is -0.424 e. The highest BCUT2D eigenvalue weighted by atomic mass is 31.1. The van der Waals surface area contributed by atoms with E-state index in [9.17, 15) is 23.7 Å². The first-order valence-electron chi connectivity index (χ1n) is 14.7. The maximum Gasteiger partial charge on any atom is 0.747 e. The number of carbonyl (C=O) groups is 4. The molecular weight excluding hydrogens is 631 g/mol. The van der Waals surface area contributed by atoms with E-state index in [0.29, 0.717) is 34.3 Å². The number of carbonyl (C=O) groups excluding carboxylic acids is 4. The fourth-order valence-corrected chi connectivity index (χ4v) is 4.98. The zero-order valence-electron chi connectivity index (χ0n) is 25.8. The van der Waals surface area contributed by atoms with Crippen LogP contribution >= 0.6 is 8.25 Å². The molecule has 1 unspecified atom stereocenters. The number of benzene rings is 2. The number of nitrogens with zero attached hydrogens (tertiary/aromatic N) is 4. The Morgan fingerprint density at radius 3 is 2.45 bits per heavy atom. The lowest BCUT2D eigenvalue weighted by molar-refractivity contribution is -0.0000765. The van der Waals surface area contributed by atoms with Crippen LogP contribution in [0.25, 0.3) is 5.52 Å². The van der Waals surface area contributed by atoms with Gasteiger partial charge in [0.05, 0.1) is 16.8 Å². The number of nitrogens with one attached hydrogen (secondary N) is 2. The Balaban J connectivity index is 1.46. The van der Waals surface area contributed by atoms with E-state index < -0.39 is 27.1 Å². The van der Waals surface area contributed by atoms with Crippen molar-refractivity contribution in [1.29, 1.82) is 0 Å². The number of fused-ring (bicyclic) bond motifs is 1. The molecule has 1 atom stereocenters. The van der Waals surface area contributed by atoms with Gasteiger partial charge in [0.15, 0.2) is 11.6 Å². The third-order valence-electron chi connectivity index (χ3n) is 7.25. The second kappa shape index (κ2) is 14.4. The first-order valence-corrected chi connectivity index (χ1v) is 15.8. The van der Waals surface area contributed by atoms with Gasteiger partial charge < -0.3 is 20.1 Å². The number of aromatic nitrogens is 3. The van der Waals surface area contributed by atoms with Gasteiger partial charge in [-0.3, -0.25) is 9.59 Å². The lowest BCUT2D eigenvalue weighted by atomic mass is 10.1. The number of rotatable bonds is 12. The molecule has 1 fully saturated rings. The largest absolute Gasteiger partial charge is 0.747 e. The SMILES string of the molecule is CCCNC(=O)c1cn2ncnc(N(C(=O)OCOC(=O)c3ccc(O[P+](=O)O)cc3)c3cc(C(=O)NC4CC4)ccc3C)c2c1C. The topological polar surface area (TPSA) is 191 Å². The standard InChI is InChI=1S/C31H31N6O9P/c1-4-13-32-29(39)24-15-36-26(19(24)3)27(33-16-34-36)37(25-14-21(6-5-18(25)2)28(38)35-22-9-10-22)31(41)45-17-44-30(40)20-7-11-23(12-8-20)46-47(42)43/h5-8,11-12,14-16,22H,4,9-10,13,17H2,1-3H3,(H2-,32,35,38,39,42,43)/p+1. The Kier molecular flexibility index (Phi) is 10.1. The van der Waals surface area contributed by atoms with Crippen molar-refractivity contribution >= 4 is 49.2 Å². The lowest BCUT2D eigenvalue weighted by Gasteiger charge is -2.24. The average molecular weight is 664 g/mol. The average Bonchev–Trinajstić information content (AvgIpc) is 3.80. The van der Waals surface area contributed by atoms with Crippen LogP contribution in [-0.4, -0.2) is 62.7 Å². The predicted molar refractivity (Wildman–Crippen MR) is 168 cm³/mol. The quantitative estimate of drug-likeness (QED) is 0.110. The van der Waals surface area contributed by atoms with Crippen molar-refractivity contribution in [2.75, 3.05) is 18.2 Å². The molecule has 0 radical (unpaired) electrons. The molecule has 3 amide bonds. The molecule has 47 heavy (non-hydrogen) atoms. The maximum atomic E-state index is 13.9. The van der Waals surface area contributed by atoms with E-state index in [2.05, 4.69) is 25.2 Å². The molecule has 2 heterocycles. The van der Waals surface area contributed by atoms with Crippen molar-refractivity contribution in [2.45, 2.75) is 46.1 Å². The summed E-state index contributed by atoms with van der Waals surface area (Å²) in [5.41, 5.74) is 2.39. The van der Waals surface area contributed by atoms with E-state index in [4.69, 9.17) is 14.4 Å². The molecule has 0 spiro atoms. The van der Waals surface area contributed by atoms with Crippen LogP contribution in [0.15, 0.2) is 55.0 Å². The number of esters is 1. The maximum absolute atomic E-state index is 13.9. The molecule has 0 saturated heterocycles. The van der Waals surface area contributed by atoms with Crippen molar-refractivity contribution in [1.82, 2.24) is 25.2 Å². The number of hydrogen-bond donors (Lipinski definition) is 3. The predicted octanol–water partition coefficient (Wildman–Crippen LogP) is 4.50. The van der Waals surface area contributed by atoms with Crippen molar-refractivity contribution < 1.29 is 42.6 Å². The number of amides is 3. The monoisotopic (exact) mass is 663 g/mol. The van der Waals surface area contributed by atoms with E-state index in [1.165, 1.54) is 47.4 Å². The van der Waals surface area contributed by atoms with Gasteiger partial charge in [-0.05, 0) is 80.6 Å². The van der Waals surface area contributed by atoms with Crippen molar-refractivity contribution in [2.24, 2.45) is 0 Å². The van der Waals surface area contributed by atoms with Crippen LogP contribution in [0.3, 0.4) is 0 Å². The smallest absolute Gasteiger partial charge is 0.424 e. The number of aryl methyl sites for hydroxylation is 2. The summed E-state index contributed by atoms with van der Waals surface area (Å²) in [6.07, 6.45) is 4.29. The summed E-state index contributed by atoms with van der Waals surface area (Å²) in [7, 11) is -2.87. The summed E-state index contributed by atoms with van der Waals surface area (Å²) >= 11 is 0.